The Balaban J connectivity index is 2.29. The number of aromatic hydroxyl groups is 1. The Labute approximate surface area is 166 Å². The minimum atomic E-state index is -0.968. The van der Waals surface area contributed by atoms with E-state index >= 15 is 0 Å². The quantitative estimate of drug-likeness (QED) is 0.502. The van der Waals surface area contributed by atoms with Crippen molar-refractivity contribution in [1.82, 2.24) is 9.13 Å². The van der Waals surface area contributed by atoms with Gasteiger partial charge in [0.05, 0.1) is 7.11 Å². The molecule has 0 spiro atoms. The van der Waals surface area contributed by atoms with Crippen molar-refractivity contribution in [2.75, 3.05) is 19.5 Å². The predicted octanol–water partition coefficient (Wildman–Crippen LogP) is 0.539. The molecule has 3 N–H and O–H groups in total. The van der Waals surface area contributed by atoms with Gasteiger partial charge in [-0.1, -0.05) is 13.8 Å². The van der Waals surface area contributed by atoms with Gasteiger partial charge >= 0.3 is 11.7 Å². The SMILES string of the molecule is COc1ccc(C(=O)OCC(=O)c2c(N)n(CC(C)C)c(=O)n(C)c2=O)c(O)c1. The van der Waals surface area contributed by atoms with Crippen molar-refractivity contribution in [3.8, 4) is 11.5 Å². The zero-order valence-electron chi connectivity index (χ0n) is 16.6. The van der Waals surface area contributed by atoms with E-state index < -0.39 is 35.2 Å². The van der Waals surface area contributed by atoms with Crippen molar-refractivity contribution >= 4 is 17.6 Å². The molecule has 10 heteroatoms. The molecular formula is C19H23N3O7. The van der Waals surface area contributed by atoms with Gasteiger partial charge in [0.25, 0.3) is 5.56 Å². The number of anilines is 1. The number of ether oxygens (including phenoxy) is 2. The third-order valence-electron chi connectivity index (χ3n) is 4.17. The number of Topliss-reactive ketones (excluding diaryl/α,β-unsaturated/α-hetero) is 1. The molecule has 0 amide bonds. The summed E-state index contributed by atoms with van der Waals surface area (Å²) in [6.45, 7) is 3.12. The van der Waals surface area contributed by atoms with Gasteiger partial charge in [0.15, 0.2) is 6.61 Å². The molecule has 29 heavy (non-hydrogen) atoms. The fourth-order valence-corrected chi connectivity index (χ4v) is 2.68. The number of esters is 1. The van der Waals surface area contributed by atoms with Crippen LogP contribution in [-0.4, -0.2) is 39.7 Å². The number of methoxy groups -OCH3 is 1. The van der Waals surface area contributed by atoms with E-state index in [2.05, 4.69) is 0 Å². The smallest absolute Gasteiger partial charge is 0.342 e. The first-order chi connectivity index (χ1) is 13.6. The normalized spacial score (nSPS) is 10.8. The minimum Gasteiger partial charge on any atom is -0.507 e. The number of nitrogens with two attached hydrogens (primary N) is 1. The molecule has 1 heterocycles. The van der Waals surface area contributed by atoms with Gasteiger partial charge in [-0.15, -0.1) is 0 Å². The molecule has 0 fully saturated rings. The van der Waals surface area contributed by atoms with Gasteiger partial charge in [-0.2, -0.15) is 0 Å². The van der Waals surface area contributed by atoms with Crippen molar-refractivity contribution in [2.24, 2.45) is 13.0 Å². The maximum Gasteiger partial charge on any atom is 0.342 e. The van der Waals surface area contributed by atoms with Crippen LogP contribution in [0.1, 0.15) is 34.6 Å². The lowest BCUT2D eigenvalue weighted by atomic mass is 10.1. The molecule has 0 bridgehead atoms. The average molecular weight is 405 g/mol. The zero-order chi connectivity index (χ0) is 21.9. The van der Waals surface area contributed by atoms with Crippen LogP contribution in [-0.2, 0) is 18.3 Å². The lowest BCUT2D eigenvalue weighted by Crippen LogP contribution is -2.43. The number of carbonyl (C=O) groups is 2. The van der Waals surface area contributed by atoms with E-state index in [4.69, 9.17) is 15.2 Å². The molecule has 2 rings (SSSR count). The maximum atomic E-state index is 12.5. The molecule has 0 saturated heterocycles. The third kappa shape index (κ3) is 4.48. The van der Waals surface area contributed by atoms with Gasteiger partial charge in [0, 0.05) is 19.7 Å². The number of hydrogen-bond donors (Lipinski definition) is 2. The van der Waals surface area contributed by atoms with Crippen LogP contribution in [0.25, 0.3) is 0 Å². The molecule has 2 aromatic rings. The molecular weight excluding hydrogens is 382 g/mol. The summed E-state index contributed by atoms with van der Waals surface area (Å²) in [5.41, 5.74) is 3.79. The molecule has 0 unspecified atom stereocenters. The molecule has 10 nitrogen and oxygen atoms in total. The first kappa shape index (κ1) is 21.7. The first-order valence-electron chi connectivity index (χ1n) is 8.75. The highest BCUT2D eigenvalue weighted by Gasteiger charge is 2.23. The number of nitrogen functional groups attached to an aromatic ring is 1. The highest BCUT2D eigenvalue weighted by molar-refractivity contribution is 6.02. The van der Waals surface area contributed by atoms with E-state index in [1.54, 1.807) is 0 Å². The van der Waals surface area contributed by atoms with Crippen molar-refractivity contribution in [2.45, 2.75) is 20.4 Å². The molecule has 0 saturated carbocycles. The highest BCUT2D eigenvalue weighted by atomic mass is 16.5. The van der Waals surface area contributed by atoms with E-state index in [-0.39, 0.29) is 29.6 Å². The first-order valence-corrected chi connectivity index (χ1v) is 8.75. The fraction of sp³-hybridized carbons (Fsp3) is 0.368. The average Bonchev–Trinajstić information content (AvgIpc) is 2.67. The van der Waals surface area contributed by atoms with E-state index in [1.807, 2.05) is 13.8 Å². The number of ketones is 1. The lowest BCUT2D eigenvalue weighted by Gasteiger charge is -2.16. The van der Waals surface area contributed by atoms with E-state index in [1.165, 1.54) is 32.4 Å². The number of hydrogen-bond acceptors (Lipinski definition) is 8. The topological polar surface area (TPSA) is 143 Å². The monoisotopic (exact) mass is 405 g/mol. The van der Waals surface area contributed by atoms with Crippen LogP contribution >= 0.6 is 0 Å². The summed E-state index contributed by atoms with van der Waals surface area (Å²) < 4.78 is 11.8. The van der Waals surface area contributed by atoms with Crippen LogP contribution in [0.4, 0.5) is 5.82 Å². The van der Waals surface area contributed by atoms with E-state index in [0.717, 1.165) is 9.13 Å². The summed E-state index contributed by atoms with van der Waals surface area (Å²) in [4.78, 5) is 49.4. The summed E-state index contributed by atoms with van der Waals surface area (Å²) in [6, 6.07) is 3.93. The number of phenolic OH excluding ortho intramolecular Hbond substituents is 1. The number of aromatic nitrogens is 2. The van der Waals surface area contributed by atoms with Gasteiger partial charge in [-0.05, 0) is 18.1 Å². The summed E-state index contributed by atoms with van der Waals surface area (Å²) in [5, 5.41) is 9.87. The molecule has 1 aromatic carbocycles. The Kier molecular flexibility index (Phi) is 6.47. The highest BCUT2D eigenvalue weighted by Crippen LogP contribution is 2.24. The summed E-state index contributed by atoms with van der Waals surface area (Å²) in [5.74, 6) is -2.13. The Morgan fingerprint density at radius 3 is 2.45 bits per heavy atom. The van der Waals surface area contributed by atoms with Gasteiger partial charge in [0.1, 0.15) is 28.4 Å². The van der Waals surface area contributed by atoms with Gasteiger partial charge < -0.3 is 20.3 Å². The van der Waals surface area contributed by atoms with Crippen LogP contribution in [0.3, 0.4) is 0 Å². The standard InChI is InChI=1S/C19H23N3O7/c1-10(2)8-22-16(20)15(17(25)21(3)19(22)27)14(24)9-29-18(26)12-6-5-11(28-4)7-13(12)23/h5-7,10,23H,8-9,20H2,1-4H3. The van der Waals surface area contributed by atoms with E-state index in [9.17, 15) is 24.3 Å². The maximum absolute atomic E-state index is 12.5. The number of carbonyl (C=O) groups excluding carboxylic acids is 2. The van der Waals surface area contributed by atoms with Gasteiger partial charge in [-0.3, -0.25) is 18.7 Å². The second kappa shape index (κ2) is 8.63. The van der Waals surface area contributed by atoms with Crippen LogP contribution in [0, 0.1) is 5.92 Å². The summed E-state index contributed by atoms with van der Waals surface area (Å²) in [7, 11) is 2.63. The van der Waals surface area contributed by atoms with Crippen molar-refractivity contribution < 1.29 is 24.2 Å². The van der Waals surface area contributed by atoms with E-state index in [0.29, 0.717) is 5.75 Å². The van der Waals surface area contributed by atoms with Crippen molar-refractivity contribution in [1.29, 1.82) is 0 Å². The van der Waals surface area contributed by atoms with Crippen LogP contribution < -0.4 is 21.7 Å². The number of nitrogens with zero attached hydrogens (tertiary/aromatic N) is 2. The second-order valence-electron chi connectivity index (χ2n) is 6.79. The molecule has 156 valence electrons. The number of phenols is 1. The fourth-order valence-electron chi connectivity index (χ4n) is 2.68. The molecule has 0 aliphatic heterocycles. The van der Waals surface area contributed by atoms with Crippen molar-refractivity contribution in [3.63, 3.8) is 0 Å². The second-order valence-corrected chi connectivity index (χ2v) is 6.79. The Hall–Kier alpha value is -3.56. The van der Waals surface area contributed by atoms with Crippen LogP contribution in [0.5, 0.6) is 11.5 Å². The van der Waals surface area contributed by atoms with Gasteiger partial charge in [-0.25, -0.2) is 9.59 Å². The molecule has 0 aliphatic rings. The van der Waals surface area contributed by atoms with Crippen molar-refractivity contribution in [3.05, 3.63) is 50.2 Å². The molecule has 0 radical (unpaired) electrons. The zero-order valence-corrected chi connectivity index (χ0v) is 16.6. The molecule has 0 aliphatic carbocycles. The molecule has 0 atom stereocenters. The summed E-state index contributed by atoms with van der Waals surface area (Å²) >= 11 is 0. The lowest BCUT2D eigenvalue weighted by molar-refractivity contribution is 0.0471. The summed E-state index contributed by atoms with van der Waals surface area (Å²) in [6.07, 6.45) is 0. The minimum absolute atomic E-state index is 0.0336. The number of benzene rings is 1. The predicted molar refractivity (Wildman–Crippen MR) is 104 cm³/mol. The Morgan fingerprint density at radius 1 is 1.24 bits per heavy atom. The number of rotatable bonds is 7. The largest absolute Gasteiger partial charge is 0.507 e. The molecule has 1 aromatic heterocycles. The van der Waals surface area contributed by atoms with Crippen LogP contribution in [0.2, 0.25) is 0 Å². The third-order valence-corrected chi connectivity index (χ3v) is 4.17. The van der Waals surface area contributed by atoms with Crippen LogP contribution in [0.15, 0.2) is 27.8 Å². The Morgan fingerprint density at radius 2 is 1.90 bits per heavy atom. The van der Waals surface area contributed by atoms with Gasteiger partial charge in [0.2, 0.25) is 5.78 Å². The Bertz CT molecular complexity index is 1070.